The minimum atomic E-state index is 0.0634. The molecule has 0 saturated carbocycles. The molecule has 198 valence electrons. The largest absolute Gasteiger partial charge is 0.435 e. The number of hydrogen-bond donors (Lipinski definition) is 0. The lowest BCUT2D eigenvalue weighted by Gasteiger charge is -2.33. The number of pyridine rings is 3. The minimum Gasteiger partial charge on any atom is -0.435 e. The fraction of sp³-hybridized carbons (Fsp3) is 0.323. The number of rotatable bonds is 4. The van der Waals surface area contributed by atoms with E-state index in [1.54, 1.807) is 0 Å². The van der Waals surface area contributed by atoms with Gasteiger partial charge in [0.15, 0.2) is 17.2 Å². The summed E-state index contributed by atoms with van der Waals surface area (Å²) in [5, 5.41) is 2.06. The van der Waals surface area contributed by atoms with E-state index in [1.807, 2.05) is 31.5 Å². The molecule has 2 aliphatic rings. The van der Waals surface area contributed by atoms with Crippen molar-refractivity contribution in [3.63, 3.8) is 0 Å². The maximum atomic E-state index is 6.60. The zero-order chi connectivity index (χ0) is 27.0. The van der Waals surface area contributed by atoms with Gasteiger partial charge in [-0.1, -0.05) is 0 Å². The first kappa shape index (κ1) is 23.8. The van der Waals surface area contributed by atoms with Crippen LogP contribution in [0, 0.1) is 13.8 Å². The van der Waals surface area contributed by atoms with Gasteiger partial charge in [0, 0.05) is 47.5 Å². The van der Waals surface area contributed by atoms with Gasteiger partial charge in [-0.25, -0.2) is 15.0 Å². The summed E-state index contributed by atoms with van der Waals surface area (Å²) in [4.78, 5) is 24.0. The first-order chi connectivity index (χ1) is 18.9. The maximum Gasteiger partial charge on any atom is 0.227 e. The molecule has 39 heavy (non-hydrogen) atoms. The molecule has 0 aliphatic carbocycles. The Morgan fingerprint density at radius 3 is 2.03 bits per heavy atom. The lowest BCUT2D eigenvalue weighted by molar-refractivity contribution is 0.642. The lowest BCUT2D eigenvalue weighted by atomic mass is 10.0. The maximum absolute atomic E-state index is 6.60. The van der Waals surface area contributed by atoms with E-state index in [0.717, 1.165) is 75.1 Å². The fourth-order valence-electron chi connectivity index (χ4n) is 6.59. The predicted molar refractivity (Wildman–Crippen MR) is 159 cm³/mol. The summed E-state index contributed by atoms with van der Waals surface area (Å²) in [5.74, 6) is 1.92. The Bertz CT molecular complexity index is 1740. The third-order valence-corrected chi connectivity index (χ3v) is 8.41. The number of hydrogen-bond acceptors (Lipinski definition) is 8. The van der Waals surface area contributed by atoms with Crippen LogP contribution in [-0.2, 0) is 0 Å². The van der Waals surface area contributed by atoms with Gasteiger partial charge in [0.05, 0.1) is 22.7 Å². The highest BCUT2D eigenvalue weighted by molar-refractivity contribution is 6.12. The molecule has 0 N–H and O–H groups in total. The van der Waals surface area contributed by atoms with Crippen LogP contribution in [0.15, 0.2) is 59.3 Å². The molecule has 0 fully saturated rings. The van der Waals surface area contributed by atoms with E-state index in [1.165, 1.54) is 0 Å². The highest BCUT2D eigenvalue weighted by Gasteiger charge is 2.40. The molecule has 0 bridgehead atoms. The van der Waals surface area contributed by atoms with E-state index in [9.17, 15) is 0 Å². The van der Waals surface area contributed by atoms with Crippen LogP contribution in [0.5, 0.6) is 0 Å². The van der Waals surface area contributed by atoms with Crippen molar-refractivity contribution in [2.24, 2.45) is 0 Å². The Morgan fingerprint density at radius 1 is 0.769 bits per heavy atom. The fourth-order valence-corrected chi connectivity index (χ4v) is 6.59. The van der Waals surface area contributed by atoms with Gasteiger partial charge in [-0.3, -0.25) is 0 Å². The van der Waals surface area contributed by atoms with Crippen molar-refractivity contribution in [2.45, 2.75) is 53.9 Å². The van der Waals surface area contributed by atoms with Gasteiger partial charge in [0.1, 0.15) is 12.3 Å². The second kappa shape index (κ2) is 8.59. The number of anilines is 6. The highest BCUT2D eigenvalue weighted by Crippen LogP contribution is 2.52. The smallest absolute Gasteiger partial charge is 0.227 e. The second-order valence-corrected chi connectivity index (χ2v) is 10.4. The van der Waals surface area contributed by atoms with Gasteiger partial charge in [0.25, 0.3) is 0 Å². The van der Waals surface area contributed by atoms with Crippen molar-refractivity contribution < 1.29 is 4.42 Å². The number of benzene rings is 1. The van der Waals surface area contributed by atoms with Crippen LogP contribution in [0.25, 0.3) is 22.1 Å². The Balaban J connectivity index is 1.56. The predicted octanol–water partition coefficient (Wildman–Crippen LogP) is 7.04. The van der Waals surface area contributed by atoms with E-state index in [0.29, 0.717) is 5.71 Å². The molecule has 8 heteroatoms. The van der Waals surface area contributed by atoms with Crippen LogP contribution >= 0.6 is 0 Å². The number of furan rings is 1. The van der Waals surface area contributed by atoms with Gasteiger partial charge >= 0.3 is 0 Å². The highest BCUT2D eigenvalue weighted by atomic mass is 16.3. The molecule has 0 unspecified atom stereocenters. The molecule has 4 aromatic heterocycles. The molecule has 0 radical (unpaired) electrons. The third kappa shape index (κ3) is 3.20. The summed E-state index contributed by atoms with van der Waals surface area (Å²) in [6, 6.07) is 14.8. The van der Waals surface area contributed by atoms with Crippen molar-refractivity contribution in [1.29, 1.82) is 0 Å². The van der Waals surface area contributed by atoms with Crippen LogP contribution in [-0.4, -0.2) is 40.4 Å². The quantitative estimate of drug-likeness (QED) is 0.251. The average molecular weight is 520 g/mol. The van der Waals surface area contributed by atoms with Crippen LogP contribution < -0.4 is 19.6 Å². The van der Waals surface area contributed by atoms with Gasteiger partial charge < -0.3 is 24.0 Å². The second-order valence-electron chi connectivity index (χ2n) is 10.4. The van der Waals surface area contributed by atoms with E-state index in [4.69, 9.17) is 19.4 Å². The molecule has 5 aromatic rings. The normalized spacial score (nSPS) is 18.5. The van der Waals surface area contributed by atoms with Gasteiger partial charge in [-0.15, -0.1) is 0 Å². The summed E-state index contributed by atoms with van der Waals surface area (Å²) in [6.45, 7) is 14.9. The number of aryl methyl sites for hydroxylation is 1. The average Bonchev–Trinajstić information content (AvgIpc) is 3.53. The molecule has 0 amide bonds. The molecule has 6 heterocycles. The molecule has 0 saturated heterocycles. The van der Waals surface area contributed by atoms with E-state index >= 15 is 0 Å². The standard InChI is InChI=1S/C31H33N7O/c1-7-35-20(5)37(29-24(35)11-9-15-32-29)26-17-23-22-14-13-18(3)34-31(22)39-28(23)27(19(26)4)38-21(6)36(8-2)25-12-10-16-33-30(25)38/h9-17,20-21H,7-8H2,1-6H3/t20-,21+/m1/s1. The van der Waals surface area contributed by atoms with Crippen LogP contribution in [0.3, 0.4) is 0 Å². The minimum absolute atomic E-state index is 0.0634. The van der Waals surface area contributed by atoms with E-state index < -0.39 is 0 Å². The summed E-state index contributed by atoms with van der Waals surface area (Å²) in [7, 11) is 0. The summed E-state index contributed by atoms with van der Waals surface area (Å²) in [5.41, 5.74) is 7.99. The van der Waals surface area contributed by atoms with Gasteiger partial charge in [-0.2, -0.15) is 0 Å². The molecular formula is C31H33N7O. The Hall–Kier alpha value is -4.33. The molecular weight excluding hydrogens is 486 g/mol. The topological polar surface area (TPSA) is 64.8 Å². The van der Waals surface area contributed by atoms with Crippen LogP contribution in [0.4, 0.5) is 34.4 Å². The van der Waals surface area contributed by atoms with Crippen molar-refractivity contribution in [2.75, 3.05) is 32.7 Å². The van der Waals surface area contributed by atoms with Crippen LogP contribution in [0.2, 0.25) is 0 Å². The lowest BCUT2D eigenvalue weighted by Crippen LogP contribution is -2.40. The van der Waals surface area contributed by atoms with E-state index in [2.05, 4.69) is 84.6 Å². The number of aromatic nitrogens is 3. The molecule has 2 atom stereocenters. The monoisotopic (exact) mass is 519 g/mol. The van der Waals surface area contributed by atoms with Crippen LogP contribution in [0.1, 0.15) is 39.0 Å². The zero-order valence-electron chi connectivity index (χ0n) is 23.3. The third-order valence-electron chi connectivity index (χ3n) is 8.41. The molecule has 8 nitrogen and oxygen atoms in total. The zero-order valence-corrected chi connectivity index (χ0v) is 23.3. The van der Waals surface area contributed by atoms with Crippen molar-refractivity contribution in [3.05, 3.63) is 66.1 Å². The van der Waals surface area contributed by atoms with Gasteiger partial charge in [-0.05, 0) is 84.0 Å². The van der Waals surface area contributed by atoms with Crippen molar-refractivity contribution in [3.8, 4) is 0 Å². The SMILES string of the molecule is CCN1c2cccnc2N(c2cc3c(oc4nc(C)ccc43)c(N3c4ncccc4N(CC)[C@@H]3C)c2C)[C@@H]1C. The molecule has 0 spiro atoms. The van der Waals surface area contributed by atoms with Gasteiger partial charge in [0.2, 0.25) is 5.71 Å². The summed E-state index contributed by atoms with van der Waals surface area (Å²) >= 11 is 0. The van der Waals surface area contributed by atoms with Crippen molar-refractivity contribution in [1.82, 2.24) is 15.0 Å². The van der Waals surface area contributed by atoms with Crippen molar-refractivity contribution >= 4 is 56.5 Å². The molecule has 7 rings (SSSR count). The first-order valence-corrected chi connectivity index (χ1v) is 13.8. The first-order valence-electron chi connectivity index (χ1n) is 13.8. The number of fused-ring (bicyclic) bond motifs is 5. The Morgan fingerprint density at radius 2 is 1.38 bits per heavy atom. The Kier molecular flexibility index (Phi) is 5.24. The summed E-state index contributed by atoms with van der Waals surface area (Å²) in [6.07, 6.45) is 3.93. The summed E-state index contributed by atoms with van der Waals surface area (Å²) < 4.78 is 6.60. The molecule has 1 aromatic carbocycles. The Labute approximate surface area is 228 Å². The molecule has 2 aliphatic heterocycles. The number of nitrogens with zero attached hydrogens (tertiary/aromatic N) is 7. The van der Waals surface area contributed by atoms with E-state index in [-0.39, 0.29) is 12.3 Å².